The summed E-state index contributed by atoms with van der Waals surface area (Å²) in [5.74, 6) is 0. The van der Waals surface area contributed by atoms with Gasteiger partial charge in [0.1, 0.15) is 10.7 Å². The molecule has 0 radical (unpaired) electrons. The van der Waals surface area contributed by atoms with E-state index in [-0.39, 0.29) is 6.10 Å². The molecule has 0 saturated carbocycles. The van der Waals surface area contributed by atoms with Gasteiger partial charge in [-0.15, -0.1) is 0 Å². The van der Waals surface area contributed by atoms with E-state index in [0.717, 1.165) is 25.1 Å². The highest BCUT2D eigenvalue weighted by Gasteiger charge is 2.18. The Labute approximate surface area is 87.3 Å². The fourth-order valence-electron chi connectivity index (χ4n) is 1.59. The van der Waals surface area contributed by atoms with Crippen molar-refractivity contribution in [1.29, 1.82) is 5.26 Å². The SMILES string of the molecule is N#Cc1ccc(C2CCCO2)[nH]c1=S. The van der Waals surface area contributed by atoms with Gasteiger partial charge >= 0.3 is 0 Å². The molecular formula is C10H10N2OS. The molecule has 2 heterocycles. The lowest BCUT2D eigenvalue weighted by Crippen LogP contribution is -1.99. The predicted molar refractivity (Wildman–Crippen MR) is 54.3 cm³/mol. The summed E-state index contributed by atoms with van der Waals surface area (Å²) in [6, 6.07) is 5.66. The first-order valence-electron chi connectivity index (χ1n) is 4.56. The zero-order valence-corrected chi connectivity index (χ0v) is 8.43. The first-order chi connectivity index (χ1) is 6.81. The molecule has 1 fully saturated rings. The summed E-state index contributed by atoms with van der Waals surface area (Å²) in [4.78, 5) is 3.04. The van der Waals surface area contributed by atoms with Gasteiger partial charge in [-0.05, 0) is 25.0 Å². The van der Waals surface area contributed by atoms with Crippen LogP contribution < -0.4 is 0 Å². The van der Waals surface area contributed by atoms with Gasteiger partial charge in [-0.1, -0.05) is 12.2 Å². The van der Waals surface area contributed by atoms with Gasteiger partial charge in [0.15, 0.2) is 0 Å². The number of ether oxygens (including phenoxy) is 1. The molecule has 0 amide bonds. The minimum Gasteiger partial charge on any atom is -0.372 e. The quantitative estimate of drug-likeness (QED) is 0.718. The molecule has 1 unspecified atom stereocenters. The van der Waals surface area contributed by atoms with Crippen molar-refractivity contribution in [2.45, 2.75) is 18.9 Å². The maximum Gasteiger partial charge on any atom is 0.121 e. The average Bonchev–Trinajstić information content (AvgIpc) is 2.70. The number of aromatic amines is 1. The Morgan fingerprint density at radius 2 is 2.43 bits per heavy atom. The van der Waals surface area contributed by atoms with E-state index in [0.29, 0.717) is 10.2 Å². The van der Waals surface area contributed by atoms with E-state index >= 15 is 0 Å². The third kappa shape index (κ3) is 1.69. The first kappa shape index (κ1) is 9.38. The maximum absolute atomic E-state index is 8.71. The summed E-state index contributed by atoms with van der Waals surface area (Å²) in [7, 11) is 0. The van der Waals surface area contributed by atoms with Gasteiger partial charge in [-0.2, -0.15) is 5.26 Å². The van der Waals surface area contributed by atoms with Gasteiger partial charge in [0.25, 0.3) is 0 Å². The fourth-order valence-corrected chi connectivity index (χ4v) is 1.82. The van der Waals surface area contributed by atoms with E-state index in [1.165, 1.54) is 0 Å². The van der Waals surface area contributed by atoms with Crippen LogP contribution in [0, 0.1) is 16.0 Å². The Morgan fingerprint density at radius 3 is 3.00 bits per heavy atom. The largest absolute Gasteiger partial charge is 0.372 e. The van der Waals surface area contributed by atoms with Gasteiger partial charge < -0.3 is 9.72 Å². The van der Waals surface area contributed by atoms with Crippen LogP contribution in [0.15, 0.2) is 12.1 Å². The van der Waals surface area contributed by atoms with Crippen molar-refractivity contribution in [3.05, 3.63) is 28.0 Å². The Morgan fingerprint density at radius 1 is 1.57 bits per heavy atom. The monoisotopic (exact) mass is 206 g/mol. The first-order valence-corrected chi connectivity index (χ1v) is 4.97. The maximum atomic E-state index is 8.71. The van der Waals surface area contributed by atoms with Crippen LogP contribution in [0.5, 0.6) is 0 Å². The van der Waals surface area contributed by atoms with E-state index < -0.39 is 0 Å². The second-order valence-corrected chi connectivity index (χ2v) is 3.68. The molecule has 1 aromatic rings. The molecule has 1 saturated heterocycles. The van der Waals surface area contributed by atoms with Crippen molar-refractivity contribution in [2.75, 3.05) is 6.61 Å². The minimum atomic E-state index is 0.129. The summed E-state index contributed by atoms with van der Waals surface area (Å²) in [5.41, 5.74) is 1.49. The number of nitrogens with one attached hydrogen (secondary N) is 1. The Kier molecular flexibility index (Phi) is 2.62. The molecule has 1 N–H and O–H groups in total. The number of pyridine rings is 1. The third-order valence-electron chi connectivity index (χ3n) is 2.33. The summed E-state index contributed by atoms with van der Waals surface area (Å²) in [5, 5.41) is 8.71. The Hall–Kier alpha value is -1.18. The molecule has 4 heteroatoms. The van der Waals surface area contributed by atoms with Crippen molar-refractivity contribution in [2.24, 2.45) is 0 Å². The van der Waals surface area contributed by atoms with E-state index in [4.69, 9.17) is 22.2 Å². The number of hydrogen-bond acceptors (Lipinski definition) is 3. The van der Waals surface area contributed by atoms with Crippen LogP contribution in [0.2, 0.25) is 0 Å². The standard InChI is InChI=1S/C10H10N2OS/c11-6-7-3-4-8(12-10(7)14)9-2-1-5-13-9/h3-4,9H,1-2,5H2,(H,12,14). The lowest BCUT2D eigenvalue weighted by molar-refractivity contribution is 0.108. The molecule has 0 aromatic carbocycles. The number of rotatable bonds is 1. The lowest BCUT2D eigenvalue weighted by atomic mass is 10.1. The van der Waals surface area contributed by atoms with E-state index in [2.05, 4.69) is 4.98 Å². The molecular weight excluding hydrogens is 196 g/mol. The highest BCUT2D eigenvalue weighted by molar-refractivity contribution is 7.71. The van der Waals surface area contributed by atoms with E-state index in [1.807, 2.05) is 12.1 Å². The molecule has 1 aliphatic rings. The molecule has 0 bridgehead atoms. The Balaban J connectivity index is 2.33. The lowest BCUT2D eigenvalue weighted by Gasteiger charge is -2.09. The molecule has 2 rings (SSSR count). The number of nitriles is 1. The topological polar surface area (TPSA) is 48.8 Å². The zero-order chi connectivity index (χ0) is 9.97. The number of H-pyrrole nitrogens is 1. The highest BCUT2D eigenvalue weighted by atomic mass is 32.1. The van der Waals surface area contributed by atoms with Crippen molar-refractivity contribution < 1.29 is 4.74 Å². The van der Waals surface area contributed by atoms with E-state index in [9.17, 15) is 0 Å². The summed E-state index contributed by atoms with van der Waals surface area (Å²) in [6.45, 7) is 0.811. The molecule has 0 spiro atoms. The predicted octanol–water partition coefficient (Wildman–Crippen LogP) is 2.47. The molecule has 1 aromatic heterocycles. The van der Waals surface area contributed by atoms with Crippen molar-refractivity contribution in [3.63, 3.8) is 0 Å². The highest BCUT2D eigenvalue weighted by Crippen LogP contribution is 2.26. The summed E-state index contributed by atoms with van der Waals surface area (Å²) in [6.07, 6.45) is 2.24. The second kappa shape index (κ2) is 3.91. The Bertz CT molecular complexity index is 426. The molecule has 3 nitrogen and oxygen atoms in total. The third-order valence-corrected chi connectivity index (χ3v) is 2.65. The van der Waals surface area contributed by atoms with Crippen LogP contribution in [0.25, 0.3) is 0 Å². The molecule has 1 aliphatic heterocycles. The zero-order valence-electron chi connectivity index (χ0n) is 7.62. The second-order valence-electron chi connectivity index (χ2n) is 3.27. The van der Waals surface area contributed by atoms with Crippen LogP contribution in [-0.4, -0.2) is 11.6 Å². The smallest absolute Gasteiger partial charge is 0.121 e. The van der Waals surface area contributed by atoms with E-state index in [1.54, 1.807) is 6.07 Å². The molecule has 0 aliphatic carbocycles. The normalized spacial score (nSPS) is 20.6. The van der Waals surface area contributed by atoms with Gasteiger partial charge in [-0.25, -0.2) is 0 Å². The van der Waals surface area contributed by atoms with Crippen LogP contribution in [-0.2, 0) is 4.74 Å². The molecule has 14 heavy (non-hydrogen) atoms. The van der Waals surface area contributed by atoms with Crippen LogP contribution >= 0.6 is 12.2 Å². The van der Waals surface area contributed by atoms with Gasteiger partial charge in [0.05, 0.1) is 11.7 Å². The number of nitrogens with zero attached hydrogens (tertiary/aromatic N) is 1. The summed E-state index contributed by atoms with van der Waals surface area (Å²) >= 11 is 5.04. The fraction of sp³-hybridized carbons (Fsp3) is 0.400. The molecule has 1 atom stereocenters. The van der Waals surface area contributed by atoms with Gasteiger partial charge in [0.2, 0.25) is 0 Å². The van der Waals surface area contributed by atoms with Crippen LogP contribution in [0.1, 0.15) is 30.2 Å². The number of hydrogen-bond donors (Lipinski definition) is 1. The van der Waals surface area contributed by atoms with Crippen LogP contribution in [0.3, 0.4) is 0 Å². The van der Waals surface area contributed by atoms with Crippen molar-refractivity contribution in [3.8, 4) is 6.07 Å². The van der Waals surface area contributed by atoms with Gasteiger partial charge in [0, 0.05) is 12.3 Å². The minimum absolute atomic E-state index is 0.129. The van der Waals surface area contributed by atoms with Crippen molar-refractivity contribution in [1.82, 2.24) is 4.98 Å². The van der Waals surface area contributed by atoms with Gasteiger partial charge in [-0.3, -0.25) is 0 Å². The summed E-state index contributed by atoms with van der Waals surface area (Å²) < 4.78 is 6.01. The van der Waals surface area contributed by atoms with Crippen LogP contribution in [0.4, 0.5) is 0 Å². The number of aromatic nitrogens is 1. The molecule has 72 valence electrons. The van der Waals surface area contributed by atoms with Crippen molar-refractivity contribution >= 4 is 12.2 Å². The average molecular weight is 206 g/mol.